The maximum Gasteiger partial charge on any atom is 0.130 e. The quantitative estimate of drug-likeness (QED) is 0.872. The van der Waals surface area contributed by atoms with Gasteiger partial charge in [0.05, 0.1) is 0 Å². The summed E-state index contributed by atoms with van der Waals surface area (Å²) >= 11 is 6.09. The van der Waals surface area contributed by atoms with E-state index in [1.54, 1.807) is 0 Å². The highest BCUT2D eigenvalue weighted by molar-refractivity contribution is 6.31. The summed E-state index contributed by atoms with van der Waals surface area (Å²) in [6, 6.07) is 11.1. The predicted octanol–water partition coefficient (Wildman–Crippen LogP) is 4.47. The Morgan fingerprint density at radius 2 is 1.89 bits per heavy atom. The summed E-state index contributed by atoms with van der Waals surface area (Å²) in [6.45, 7) is 2.27. The van der Waals surface area contributed by atoms with E-state index in [0.717, 1.165) is 11.6 Å². The minimum Gasteiger partial charge on any atom is -0.306 e. The molecule has 0 aliphatic heterocycles. The van der Waals surface area contributed by atoms with Crippen molar-refractivity contribution in [1.29, 1.82) is 0 Å². The van der Waals surface area contributed by atoms with Crippen LogP contribution in [0.15, 0.2) is 42.5 Å². The molecule has 0 aliphatic carbocycles. The van der Waals surface area contributed by atoms with Gasteiger partial charge in [-0.2, -0.15) is 0 Å². The highest BCUT2D eigenvalue weighted by Gasteiger charge is 2.10. The Morgan fingerprint density at radius 3 is 2.58 bits per heavy atom. The van der Waals surface area contributed by atoms with E-state index in [4.69, 9.17) is 11.6 Å². The first-order valence-electron chi connectivity index (χ1n) is 5.99. The van der Waals surface area contributed by atoms with Gasteiger partial charge in [0, 0.05) is 29.2 Å². The first kappa shape index (κ1) is 14.0. The number of halogens is 3. The topological polar surface area (TPSA) is 12.0 Å². The molecule has 0 heterocycles. The first-order valence-corrected chi connectivity index (χ1v) is 6.37. The first-order chi connectivity index (χ1) is 9.08. The number of rotatable bonds is 4. The summed E-state index contributed by atoms with van der Waals surface area (Å²) in [5.74, 6) is -1.11. The van der Waals surface area contributed by atoms with E-state index in [9.17, 15) is 8.78 Å². The lowest BCUT2D eigenvalue weighted by Gasteiger charge is -2.16. The molecule has 0 fully saturated rings. The molecule has 0 spiro atoms. The summed E-state index contributed by atoms with van der Waals surface area (Å²) in [7, 11) is 0. The fourth-order valence-electron chi connectivity index (χ4n) is 1.86. The molecule has 0 aliphatic rings. The van der Waals surface area contributed by atoms with Crippen LogP contribution in [0.3, 0.4) is 0 Å². The highest BCUT2D eigenvalue weighted by atomic mass is 35.5. The summed E-state index contributed by atoms with van der Waals surface area (Å²) in [5.41, 5.74) is 1.38. The number of hydrogen-bond donors (Lipinski definition) is 1. The normalized spacial score (nSPS) is 12.4. The molecule has 2 rings (SSSR count). The Morgan fingerprint density at radius 1 is 1.16 bits per heavy atom. The van der Waals surface area contributed by atoms with Gasteiger partial charge in [0.2, 0.25) is 0 Å². The van der Waals surface area contributed by atoms with Crippen molar-refractivity contribution in [3.05, 3.63) is 70.2 Å². The molecule has 2 aromatic carbocycles. The Hall–Kier alpha value is -1.45. The van der Waals surface area contributed by atoms with Crippen molar-refractivity contribution in [3.8, 4) is 0 Å². The van der Waals surface area contributed by atoms with Crippen molar-refractivity contribution in [2.75, 3.05) is 0 Å². The van der Waals surface area contributed by atoms with Gasteiger partial charge in [-0.1, -0.05) is 35.9 Å². The van der Waals surface area contributed by atoms with Gasteiger partial charge in [-0.15, -0.1) is 0 Å². The van der Waals surface area contributed by atoms with E-state index < -0.39 is 11.6 Å². The largest absolute Gasteiger partial charge is 0.306 e. The van der Waals surface area contributed by atoms with Gasteiger partial charge in [0.15, 0.2) is 0 Å². The van der Waals surface area contributed by atoms with Crippen LogP contribution in [0.25, 0.3) is 0 Å². The van der Waals surface area contributed by atoms with Crippen molar-refractivity contribution in [2.45, 2.75) is 19.5 Å². The van der Waals surface area contributed by atoms with E-state index in [-0.39, 0.29) is 6.04 Å². The summed E-state index contributed by atoms with van der Waals surface area (Å²) in [5, 5.41) is 3.84. The second-order valence-corrected chi connectivity index (χ2v) is 4.77. The maximum absolute atomic E-state index is 13.5. The van der Waals surface area contributed by atoms with E-state index >= 15 is 0 Å². The van der Waals surface area contributed by atoms with Crippen LogP contribution in [-0.2, 0) is 6.54 Å². The Bertz CT molecular complexity index is 572. The molecule has 0 aromatic heterocycles. The molecule has 0 amide bonds. The van der Waals surface area contributed by atoms with Gasteiger partial charge < -0.3 is 5.32 Å². The molecule has 1 atom stereocenters. The van der Waals surface area contributed by atoms with Crippen LogP contribution in [0.4, 0.5) is 8.78 Å². The standard InChI is InChI=1S/C15H14ClF2N/c1-10(13-4-2-3-5-14(13)16)19-9-11-6-7-12(17)8-15(11)18/h2-8,10,19H,9H2,1H3/t10-/m1/s1. The fraction of sp³-hybridized carbons (Fsp3) is 0.200. The van der Waals surface area contributed by atoms with Gasteiger partial charge in [0.1, 0.15) is 11.6 Å². The van der Waals surface area contributed by atoms with Crippen molar-refractivity contribution >= 4 is 11.6 Å². The van der Waals surface area contributed by atoms with E-state index in [2.05, 4.69) is 5.32 Å². The maximum atomic E-state index is 13.5. The van der Waals surface area contributed by atoms with Crippen molar-refractivity contribution in [2.24, 2.45) is 0 Å². The van der Waals surface area contributed by atoms with E-state index in [0.29, 0.717) is 17.1 Å². The average Bonchev–Trinajstić information content (AvgIpc) is 2.38. The van der Waals surface area contributed by atoms with Gasteiger partial charge in [-0.25, -0.2) is 8.78 Å². The molecule has 0 radical (unpaired) electrons. The minimum absolute atomic E-state index is 0.0156. The molecule has 19 heavy (non-hydrogen) atoms. The van der Waals surface area contributed by atoms with E-state index in [1.807, 2.05) is 31.2 Å². The Kier molecular flexibility index (Phi) is 4.51. The van der Waals surface area contributed by atoms with Crippen molar-refractivity contribution in [3.63, 3.8) is 0 Å². The third-order valence-electron chi connectivity index (χ3n) is 2.99. The molecule has 0 saturated heterocycles. The summed E-state index contributed by atoms with van der Waals surface area (Å²) < 4.78 is 26.3. The molecule has 1 N–H and O–H groups in total. The molecule has 100 valence electrons. The average molecular weight is 282 g/mol. The van der Waals surface area contributed by atoms with Crippen LogP contribution in [0, 0.1) is 11.6 Å². The third-order valence-corrected chi connectivity index (χ3v) is 3.33. The summed E-state index contributed by atoms with van der Waals surface area (Å²) in [6.07, 6.45) is 0. The SMILES string of the molecule is C[C@@H](NCc1ccc(F)cc1F)c1ccccc1Cl. The molecular formula is C15H14ClF2N. The smallest absolute Gasteiger partial charge is 0.130 e. The lowest BCUT2D eigenvalue weighted by molar-refractivity contribution is 0.534. The van der Waals surface area contributed by atoms with Gasteiger partial charge in [-0.3, -0.25) is 0 Å². The number of benzene rings is 2. The predicted molar refractivity (Wildman–Crippen MR) is 73.1 cm³/mol. The fourth-order valence-corrected chi connectivity index (χ4v) is 2.16. The van der Waals surface area contributed by atoms with Crippen LogP contribution in [0.2, 0.25) is 5.02 Å². The van der Waals surface area contributed by atoms with Crippen molar-refractivity contribution < 1.29 is 8.78 Å². The highest BCUT2D eigenvalue weighted by Crippen LogP contribution is 2.22. The number of nitrogens with one attached hydrogen (secondary N) is 1. The molecule has 0 saturated carbocycles. The van der Waals surface area contributed by atoms with Gasteiger partial charge in [-0.05, 0) is 24.6 Å². The Labute approximate surface area is 116 Å². The lowest BCUT2D eigenvalue weighted by Crippen LogP contribution is -2.19. The van der Waals surface area contributed by atoms with E-state index in [1.165, 1.54) is 12.1 Å². The van der Waals surface area contributed by atoms with Crippen LogP contribution in [-0.4, -0.2) is 0 Å². The Balaban J connectivity index is 2.04. The van der Waals surface area contributed by atoms with Crippen LogP contribution in [0.5, 0.6) is 0 Å². The van der Waals surface area contributed by atoms with Gasteiger partial charge in [0.25, 0.3) is 0 Å². The minimum atomic E-state index is -0.569. The zero-order valence-corrected chi connectivity index (χ0v) is 11.2. The van der Waals surface area contributed by atoms with Crippen molar-refractivity contribution in [1.82, 2.24) is 5.32 Å². The second-order valence-electron chi connectivity index (χ2n) is 4.36. The molecule has 0 unspecified atom stereocenters. The zero-order chi connectivity index (χ0) is 13.8. The molecule has 1 nitrogen and oxygen atoms in total. The second kappa shape index (κ2) is 6.13. The lowest BCUT2D eigenvalue weighted by atomic mass is 10.1. The van der Waals surface area contributed by atoms with Crippen LogP contribution < -0.4 is 5.32 Å². The van der Waals surface area contributed by atoms with Crippen LogP contribution in [0.1, 0.15) is 24.1 Å². The monoisotopic (exact) mass is 281 g/mol. The van der Waals surface area contributed by atoms with Gasteiger partial charge >= 0.3 is 0 Å². The molecule has 2 aromatic rings. The molecule has 4 heteroatoms. The zero-order valence-electron chi connectivity index (χ0n) is 10.5. The number of hydrogen-bond acceptors (Lipinski definition) is 1. The molecular weight excluding hydrogens is 268 g/mol. The van der Waals surface area contributed by atoms with Crippen LogP contribution >= 0.6 is 11.6 Å². The summed E-state index contributed by atoms with van der Waals surface area (Å²) in [4.78, 5) is 0. The third kappa shape index (κ3) is 3.52. The molecule has 0 bridgehead atoms.